The van der Waals surface area contributed by atoms with Gasteiger partial charge in [-0.1, -0.05) is 46.0 Å². The van der Waals surface area contributed by atoms with E-state index in [1.54, 1.807) is 0 Å². The Morgan fingerprint density at radius 2 is 1.75 bits per heavy atom. The van der Waals surface area contributed by atoms with Crippen LogP contribution in [0.4, 0.5) is 0 Å². The van der Waals surface area contributed by atoms with Crippen LogP contribution in [0.25, 0.3) is 0 Å². The molecule has 0 aromatic carbocycles. The second-order valence-corrected chi connectivity index (χ2v) is 1.91. The second kappa shape index (κ2) is 10.9. The monoisotopic (exact) mass is 123 g/mol. The Labute approximate surface area is 75.3 Å². The van der Waals surface area contributed by atoms with E-state index in [0.29, 0.717) is 0 Å². The molecule has 0 nitrogen and oxygen atoms in total. The molecule has 45 valence electrons. The van der Waals surface area contributed by atoms with Gasteiger partial charge < -0.3 is 0 Å². The Kier molecular flexibility index (Phi) is 16.0. The molecule has 0 aliphatic carbocycles. The summed E-state index contributed by atoms with van der Waals surface area (Å²) in [6, 6.07) is 0. The predicted molar refractivity (Wildman–Crippen MR) is 41.3 cm³/mol. The minimum atomic E-state index is 0. The van der Waals surface area contributed by atoms with Crippen LogP contribution in [0.15, 0.2) is 0 Å². The summed E-state index contributed by atoms with van der Waals surface area (Å²) < 4.78 is 0. The number of rotatable bonds is 4. The Hall–Kier alpha value is 1.00. The Morgan fingerprint density at radius 1 is 1.12 bits per heavy atom. The quantitative estimate of drug-likeness (QED) is 0.397. The van der Waals surface area contributed by atoms with Gasteiger partial charge in [0.2, 0.25) is 0 Å². The first-order valence-electron chi connectivity index (χ1n) is 3.21. The van der Waals surface area contributed by atoms with Gasteiger partial charge in [0.25, 0.3) is 0 Å². The zero-order valence-corrected chi connectivity index (χ0v) is 5.24. The molecular formula is C7H16Na. The molecule has 0 aliphatic heterocycles. The van der Waals surface area contributed by atoms with Crippen molar-refractivity contribution >= 4 is 29.6 Å². The van der Waals surface area contributed by atoms with E-state index in [2.05, 4.69) is 13.8 Å². The molecule has 0 amide bonds. The van der Waals surface area contributed by atoms with Crippen molar-refractivity contribution in [1.82, 2.24) is 0 Å². The van der Waals surface area contributed by atoms with Crippen molar-refractivity contribution < 1.29 is 0 Å². The summed E-state index contributed by atoms with van der Waals surface area (Å²) >= 11 is 0. The molecule has 0 saturated heterocycles. The van der Waals surface area contributed by atoms with Gasteiger partial charge in [0.05, 0.1) is 0 Å². The van der Waals surface area contributed by atoms with Crippen LogP contribution in [0, 0.1) is 6.92 Å². The molecule has 0 spiro atoms. The Balaban J connectivity index is 0. The fraction of sp³-hybridized carbons (Fsp3) is 0.857. The van der Waals surface area contributed by atoms with Crippen LogP contribution in [-0.2, 0) is 0 Å². The average molecular weight is 123 g/mol. The topological polar surface area (TPSA) is 0 Å². The first-order chi connectivity index (χ1) is 3.41. The normalized spacial score (nSPS) is 8.25. The number of unbranched alkanes of at least 4 members (excludes halogenated alkanes) is 4. The zero-order chi connectivity index (χ0) is 5.54. The molecule has 0 rings (SSSR count). The van der Waals surface area contributed by atoms with Gasteiger partial charge in [0.15, 0.2) is 0 Å². The molecule has 1 heteroatoms. The van der Waals surface area contributed by atoms with Gasteiger partial charge in [-0.05, 0) is 0 Å². The van der Waals surface area contributed by atoms with E-state index in [-0.39, 0.29) is 29.6 Å². The summed E-state index contributed by atoms with van der Waals surface area (Å²) in [4.78, 5) is 0. The molecule has 0 saturated carbocycles. The molecule has 0 fully saturated rings. The minimum absolute atomic E-state index is 0. The van der Waals surface area contributed by atoms with E-state index in [0.717, 1.165) is 6.42 Å². The predicted octanol–water partition coefficient (Wildman–Crippen LogP) is 2.14. The molecule has 8 heavy (non-hydrogen) atoms. The van der Waals surface area contributed by atoms with Gasteiger partial charge in [0, 0.05) is 0 Å². The maximum absolute atomic E-state index is 3.76. The summed E-state index contributed by atoms with van der Waals surface area (Å²) in [6.45, 7) is 5.98. The standard InChI is InChI=1S/C7H15.Na.H/c1-3-5-7-6-4-2;;/h1,3-7H2,2H3;;. The van der Waals surface area contributed by atoms with Crippen LogP contribution in [0.5, 0.6) is 0 Å². The molecular weight excluding hydrogens is 107 g/mol. The van der Waals surface area contributed by atoms with Gasteiger partial charge >= 0.3 is 29.6 Å². The zero-order valence-electron chi connectivity index (χ0n) is 5.24. The first-order valence-corrected chi connectivity index (χ1v) is 3.21. The molecule has 0 aromatic heterocycles. The molecule has 0 aromatic rings. The summed E-state index contributed by atoms with van der Waals surface area (Å²) in [5.74, 6) is 0. The molecule has 0 atom stereocenters. The second-order valence-electron chi connectivity index (χ2n) is 1.91. The third-order valence-electron chi connectivity index (χ3n) is 1.10. The van der Waals surface area contributed by atoms with Crippen molar-refractivity contribution in [2.45, 2.75) is 39.0 Å². The first kappa shape index (κ1) is 11.8. The fourth-order valence-corrected chi connectivity index (χ4v) is 0.604. The summed E-state index contributed by atoms with van der Waals surface area (Å²) in [6.07, 6.45) is 6.52. The van der Waals surface area contributed by atoms with Crippen molar-refractivity contribution in [1.29, 1.82) is 0 Å². The third-order valence-corrected chi connectivity index (χ3v) is 1.10. The Bertz CT molecular complexity index is 23.6. The van der Waals surface area contributed by atoms with Crippen molar-refractivity contribution in [2.24, 2.45) is 0 Å². The van der Waals surface area contributed by atoms with E-state index in [1.165, 1.54) is 25.7 Å². The summed E-state index contributed by atoms with van der Waals surface area (Å²) in [5, 5.41) is 0. The van der Waals surface area contributed by atoms with Gasteiger partial charge in [-0.15, -0.1) is 0 Å². The van der Waals surface area contributed by atoms with Crippen molar-refractivity contribution in [2.75, 3.05) is 0 Å². The SMILES string of the molecule is [CH2]CCCCCC.[NaH]. The van der Waals surface area contributed by atoms with Crippen LogP contribution >= 0.6 is 0 Å². The maximum atomic E-state index is 3.76. The molecule has 0 N–H and O–H groups in total. The summed E-state index contributed by atoms with van der Waals surface area (Å²) in [7, 11) is 0. The van der Waals surface area contributed by atoms with Gasteiger partial charge in [-0.25, -0.2) is 0 Å². The molecule has 0 heterocycles. The average Bonchev–Trinajstić information content (AvgIpc) is 1.69. The van der Waals surface area contributed by atoms with Gasteiger partial charge in [-0.3, -0.25) is 0 Å². The van der Waals surface area contributed by atoms with E-state index in [9.17, 15) is 0 Å². The van der Waals surface area contributed by atoms with Crippen LogP contribution in [0.3, 0.4) is 0 Å². The van der Waals surface area contributed by atoms with Crippen LogP contribution in [0.1, 0.15) is 39.0 Å². The van der Waals surface area contributed by atoms with Crippen LogP contribution in [-0.4, -0.2) is 29.6 Å². The van der Waals surface area contributed by atoms with Crippen LogP contribution in [0.2, 0.25) is 0 Å². The fourth-order valence-electron chi connectivity index (χ4n) is 0.604. The van der Waals surface area contributed by atoms with E-state index >= 15 is 0 Å². The molecule has 0 bridgehead atoms. The van der Waals surface area contributed by atoms with Crippen molar-refractivity contribution in [3.8, 4) is 0 Å². The van der Waals surface area contributed by atoms with Crippen molar-refractivity contribution in [3.05, 3.63) is 6.92 Å². The third kappa shape index (κ3) is 10.1. The number of hydrogen-bond donors (Lipinski definition) is 0. The van der Waals surface area contributed by atoms with Gasteiger partial charge in [-0.2, -0.15) is 0 Å². The van der Waals surface area contributed by atoms with Gasteiger partial charge in [0.1, 0.15) is 0 Å². The Morgan fingerprint density at radius 3 is 2.12 bits per heavy atom. The summed E-state index contributed by atoms with van der Waals surface area (Å²) in [5.41, 5.74) is 0. The van der Waals surface area contributed by atoms with E-state index < -0.39 is 0 Å². The van der Waals surface area contributed by atoms with E-state index in [1.807, 2.05) is 0 Å². The molecule has 0 aliphatic rings. The van der Waals surface area contributed by atoms with E-state index in [4.69, 9.17) is 0 Å². The van der Waals surface area contributed by atoms with Crippen molar-refractivity contribution in [3.63, 3.8) is 0 Å². The molecule has 1 radical (unpaired) electrons. The van der Waals surface area contributed by atoms with Crippen LogP contribution < -0.4 is 0 Å². The number of hydrogen-bond acceptors (Lipinski definition) is 0. The molecule has 0 unspecified atom stereocenters.